The molecule has 0 heterocycles. The van der Waals surface area contributed by atoms with E-state index in [-0.39, 0.29) is 17.8 Å². The van der Waals surface area contributed by atoms with E-state index in [1.165, 1.54) is 7.11 Å². The van der Waals surface area contributed by atoms with Gasteiger partial charge in [-0.15, -0.1) is 0 Å². The number of benzene rings is 1. The molecule has 1 aliphatic carbocycles. The number of hydrogen-bond donors (Lipinski definition) is 0. The second kappa shape index (κ2) is 4.94. The summed E-state index contributed by atoms with van der Waals surface area (Å²) in [5.74, 6) is -0.260. The minimum Gasteiger partial charge on any atom is -0.469 e. The van der Waals surface area contributed by atoms with Gasteiger partial charge in [-0.25, -0.2) is 0 Å². The molecular weight excluding hydrogens is 228 g/mol. The summed E-state index contributed by atoms with van der Waals surface area (Å²) in [4.78, 5) is 11.6. The van der Waals surface area contributed by atoms with Gasteiger partial charge in [-0.2, -0.15) is 0 Å². The molecule has 0 aromatic heterocycles. The first-order valence-electron chi connectivity index (χ1n) is 6.03. The van der Waals surface area contributed by atoms with E-state index < -0.39 is 5.60 Å². The maximum absolute atomic E-state index is 11.6. The molecule has 96 valence electrons. The number of esters is 1. The SMILES string of the molecule is COC(=O)[C@H]1[C@H](C)[C@@]1(/C=C/c1ccccc1)OC. The van der Waals surface area contributed by atoms with Crippen molar-refractivity contribution in [1.82, 2.24) is 0 Å². The largest absolute Gasteiger partial charge is 0.469 e. The van der Waals surface area contributed by atoms with Crippen molar-refractivity contribution in [3.8, 4) is 0 Å². The fraction of sp³-hybridized carbons (Fsp3) is 0.400. The van der Waals surface area contributed by atoms with E-state index in [0.29, 0.717) is 0 Å². The van der Waals surface area contributed by atoms with Crippen molar-refractivity contribution in [3.05, 3.63) is 42.0 Å². The summed E-state index contributed by atoms with van der Waals surface area (Å²) < 4.78 is 10.3. The van der Waals surface area contributed by atoms with E-state index in [0.717, 1.165) is 5.56 Å². The van der Waals surface area contributed by atoms with Gasteiger partial charge in [-0.3, -0.25) is 4.79 Å². The molecule has 1 aromatic carbocycles. The van der Waals surface area contributed by atoms with Crippen LogP contribution in [0.1, 0.15) is 12.5 Å². The van der Waals surface area contributed by atoms with E-state index in [9.17, 15) is 4.79 Å². The Labute approximate surface area is 107 Å². The topological polar surface area (TPSA) is 35.5 Å². The summed E-state index contributed by atoms with van der Waals surface area (Å²) >= 11 is 0. The molecule has 1 saturated carbocycles. The molecule has 18 heavy (non-hydrogen) atoms. The summed E-state index contributed by atoms with van der Waals surface area (Å²) in [5.41, 5.74) is 0.583. The Hall–Kier alpha value is -1.61. The normalized spacial score (nSPS) is 30.4. The Morgan fingerprint density at radius 1 is 1.28 bits per heavy atom. The predicted octanol–water partition coefficient (Wildman–Crippen LogP) is 2.52. The minimum atomic E-state index is -0.511. The Morgan fingerprint density at radius 2 is 1.94 bits per heavy atom. The lowest BCUT2D eigenvalue weighted by Crippen LogP contribution is -2.18. The molecule has 2 rings (SSSR count). The van der Waals surface area contributed by atoms with Crippen LogP contribution in [0, 0.1) is 11.8 Å². The summed E-state index contributed by atoms with van der Waals surface area (Å²) in [6, 6.07) is 9.96. The van der Waals surface area contributed by atoms with Crippen LogP contribution >= 0.6 is 0 Å². The average Bonchev–Trinajstić information content (AvgIpc) is 3.02. The second-order valence-electron chi connectivity index (χ2n) is 4.59. The van der Waals surface area contributed by atoms with Gasteiger partial charge in [0.1, 0.15) is 5.60 Å². The maximum Gasteiger partial charge on any atom is 0.312 e. The lowest BCUT2D eigenvalue weighted by Gasteiger charge is -2.10. The van der Waals surface area contributed by atoms with Gasteiger partial charge in [-0.05, 0) is 5.56 Å². The van der Waals surface area contributed by atoms with Crippen molar-refractivity contribution in [2.45, 2.75) is 12.5 Å². The fourth-order valence-electron chi connectivity index (χ4n) is 2.50. The molecule has 3 nitrogen and oxygen atoms in total. The molecule has 0 bridgehead atoms. The van der Waals surface area contributed by atoms with Crippen molar-refractivity contribution in [2.75, 3.05) is 14.2 Å². The van der Waals surface area contributed by atoms with Gasteiger partial charge >= 0.3 is 5.97 Å². The second-order valence-corrected chi connectivity index (χ2v) is 4.59. The average molecular weight is 246 g/mol. The van der Waals surface area contributed by atoms with Gasteiger partial charge < -0.3 is 9.47 Å². The highest BCUT2D eigenvalue weighted by molar-refractivity contribution is 5.80. The fourth-order valence-corrected chi connectivity index (χ4v) is 2.50. The molecule has 0 spiro atoms. The number of methoxy groups -OCH3 is 2. The lowest BCUT2D eigenvalue weighted by molar-refractivity contribution is -0.143. The Bertz CT molecular complexity index is 452. The zero-order valence-electron chi connectivity index (χ0n) is 10.9. The summed E-state index contributed by atoms with van der Waals surface area (Å²) in [5, 5.41) is 0. The Balaban J connectivity index is 2.16. The first-order valence-corrected chi connectivity index (χ1v) is 6.03. The highest BCUT2D eigenvalue weighted by Crippen LogP contribution is 2.54. The third kappa shape index (κ3) is 2.06. The number of ether oxygens (including phenoxy) is 2. The molecular formula is C15H18O3. The zero-order chi connectivity index (χ0) is 13.2. The van der Waals surface area contributed by atoms with E-state index >= 15 is 0 Å². The molecule has 0 N–H and O–H groups in total. The van der Waals surface area contributed by atoms with Gasteiger partial charge in [0.15, 0.2) is 0 Å². The van der Waals surface area contributed by atoms with Crippen LogP contribution in [0.2, 0.25) is 0 Å². The molecule has 3 heteroatoms. The monoisotopic (exact) mass is 246 g/mol. The zero-order valence-corrected chi connectivity index (χ0v) is 10.9. The Kier molecular flexibility index (Phi) is 3.53. The lowest BCUT2D eigenvalue weighted by atomic mass is 10.1. The third-order valence-electron chi connectivity index (χ3n) is 3.73. The van der Waals surface area contributed by atoms with Crippen molar-refractivity contribution >= 4 is 12.0 Å². The van der Waals surface area contributed by atoms with Crippen LogP contribution < -0.4 is 0 Å². The van der Waals surface area contributed by atoms with Gasteiger partial charge in [-0.1, -0.05) is 49.4 Å². The number of rotatable bonds is 4. The summed E-state index contributed by atoms with van der Waals surface area (Å²) in [6.45, 7) is 2.00. The highest BCUT2D eigenvalue weighted by Gasteiger charge is 2.66. The van der Waals surface area contributed by atoms with Gasteiger partial charge in [0.05, 0.1) is 13.0 Å². The van der Waals surface area contributed by atoms with Crippen molar-refractivity contribution in [1.29, 1.82) is 0 Å². The standard InChI is InChI=1S/C15H18O3/c1-11-13(14(16)17-2)15(11,18-3)10-9-12-7-5-4-6-8-12/h4-11,13H,1-3H3/b10-9+/t11-,13+,15+/m0/s1. The van der Waals surface area contributed by atoms with E-state index in [4.69, 9.17) is 9.47 Å². The van der Waals surface area contributed by atoms with Crippen LogP contribution in [0.15, 0.2) is 36.4 Å². The van der Waals surface area contributed by atoms with Crippen LogP contribution in [0.4, 0.5) is 0 Å². The van der Waals surface area contributed by atoms with Crippen LogP contribution in [0.3, 0.4) is 0 Å². The molecule has 0 unspecified atom stereocenters. The molecule has 1 fully saturated rings. The van der Waals surface area contributed by atoms with E-state index in [1.54, 1.807) is 7.11 Å². The van der Waals surface area contributed by atoms with Crippen molar-refractivity contribution in [3.63, 3.8) is 0 Å². The first-order chi connectivity index (χ1) is 8.65. The quantitative estimate of drug-likeness (QED) is 0.766. The van der Waals surface area contributed by atoms with Crippen LogP contribution in [0.25, 0.3) is 6.08 Å². The van der Waals surface area contributed by atoms with Crippen LogP contribution in [0.5, 0.6) is 0 Å². The molecule has 3 atom stereocenters. The van der Waals surface area contributed by atoms with Crippen LogP contribution in [-0.4, -0.2) is 25.8 Å². The van der Waals surface area contributed by atoms with Gasteiger partial charge in [0.25, 0.3) is 0 Å². The van der Waals surface area contributed by atoms with E-state index in [2.05, 4.69) is 0 Å². The van der Waals surface area contributed by atoms with Crippen molar-refractivity contribution in [2.24, 2.45) is 11.8 Å². The molecule has 0 radical (unpaired) electrons. The smallest absolute Gasteiger partial charge is 0.312 e. The van der Waals surface area contributed by atoms with Gasteiger partial charge in [0, 0.05) is 13.0 Å². The maximum atomic E-state index is 11.6. The van der Waals surface area contributed by atoms with Gasteiger partial charge in [0.2, 0.25) is 0 Å². The van der Waals surface area contributed by atoms with Crippen molar-refractivity contribution < 1.29 is 14.3 Å². The first kappa shape index (κ1) is 12.8. The molecule has 1 aliphatic rings. The number of carbonyl (C=O) groups is 1. The predicted molar refractivity (Wildman–Crippen MR) is 69.9 cm³/mol. The van der Waals surface area contributed by atoms with E-state index in [1.807, 2.05) is 49.4 Å². The summed E-state index contributed by atoms with van der Waals surface area (Å²) in [7, 11) is 3.05. The minimum absolute atomic E-state index is 0.148. The highest BCUT2D eigenvalue weighted by atomic mass is 16.5. The summed E-state index contributed by atoms with van der Waals surface area (Å²) in [6.07, 6.45) is 3.96. The molecule has 0 saturated heterocycles. The number of hydrogen-bond acceptors (Lipinski definition) is 3. The number of carbonyl (C=O) groups excluding carboxylic acids is 1. The molecule has 1 aromatic rings. The molecule has 0 aliphatic heterocycles. The third-order valence-corrected chi connectivity index (χ3v) is 3.73. The Morgan fingerprint density at radius 3 is 2.50 bits per heavy atom. The molecule has 0 amide bonds. The van der Waals surface area contributed by atoms with Crippen LogP contribution in [-0.2, 0) is 14.3 Å².